The van der Waals surface area contributed by atoms with Gasteiger partial charge in [-0.1, -0.05) is 23.7 Å². The maximum atomic E-state index is 11.7. The molecule has 0 spiro atoms. The molecular weight excluding hydrogens is 250 g/mol. The van der Waals surface area contributed by atoms with Gasteiger partial charge >= 0.3 is 0 Å². The molecule has 1 unspecified atom stereocenters. The van der Waals surface area contributed by atoms with E-state index in [-0.39, 0.29) is 12.0 Å². The molecule has 1 amide bonds. The van der Waals surface area contributed by atoms with Crippen molar-refractivity contribution in [3.63, 3.8) is 0 Å². The van der Waals surface area contributed by atoms with Crippen molar-refractivity contribution in [1.82, 2.24) is 5.32 Å². The van der Waals surface area contributed by atoms with Gasteiger partial charge in [0.15, 0.2) is 0 Å². The number of carbonyl (C=O) groups is 1. The van der Waals surface area contributed by atoms with Crippen LogP contribution < -0.4 is 5.32 Å². The van der Waals surface area contributed by atoms with E-state index < -0.39 is 0 Å². The lowest BCUT2D eigenvalue weighted by molar-refractivity contribution is -0.121. The highest BCUT2D eigenvalue weighted by Gasteiger charge is 2.15. The summed E-state index contributed by atoms with van der Waals surface area (Å²) in [6, 6.07) is 7.62. The van der Waals surface area contributed by atoms with Gasteiger partial charge in [0.1, 0.15) is 0 Å². The standard InChI is InChI=1S/C14H18ClNO2/c15-12-4-1-3-11(9-12)6-7-14(17)16-10-13-5-2-8-18-13/h1,3-4,9,13H,2,5-8,10H2,(H,16,17). The minimum absolute atomic E-state index is 0.0745. The molecule has 1 atom stereocenters. The molecule has 18 heavy (non-hydrogen) atoms. The highest BCUT2D eigenvalue weighted by Crippen LogP contribution is 2.12. The predicted octanol–water partition coefficient (Wildman–Crippen LogP) is 2.57. The molecule has 0 aliphatic carbocycles. The number of ether oxygens (including phenoxy) is 1. The Morgan fingerprint density at radius 3 is 3.11 bits per heavy atom. The first kappa shape index (κ1) is 13.4. The van der Waals surface area contributed by atoms with Crippen molar-refractivity contribution in [3.05, 3.63) is 34.9 Å². The number of hydrogen-bond acceptors (Lipinski definition) is 2. The molecule has 1 N–H and O–H groups in total. The molecule has 4 heteroatoms. The number of rotatable bonds is 5. The van der Waals surface area contributed by atoms with E-state index in [9.17, 15) is 4.79 Å². The minimum Gasteiger partial charge on any atom is -0.376 e. The fourth-order valence-corrected chi connectivity index (χ4v) is 2.28. The van der Waals surface area contributed by atoms with Crippen LogP contribution in [0.4, 0.5) is 0 Å². The van der Waals surface area contributed by atoms with E-state index in [0.717, 1.165) is 31.4 Å². The van der Waals surface area contributed by atoms with Crippen LogP contribution in [0.2, 0.25) is 5.02 Å². The molecule has 0 saturated carbocycles. The zero-order chi connectivity index (χ0) is 12.8. The summed E-state index contributed by atoms with van der Waals surface area (Å²) in [5.74, 6) is 0.0745. The Kier molecular flexibility index (Phi) is 5.02. The summed E-state index contributed by atoms with van der Waals surface area (Å²) in [5, 5.41) is 3.63. The van der Waals surface area contributed by atoms with Gasteiger partial charge in [-0.2, -0.15) is 0 Å². The van der Waals surface area contributed by atoms with Crippen LogP contribution >= 0.6 is 11.6 Å². The smallest absolute Gasteiger partial charge is 0.220 e. The van der Waals surface area contributed by atoms with Crippen molar-refractivity contribution in [2.45, 2.75) is 31.8 Å². The number of halogens is 1. The second-order valence-electron chi connectivity index (χ2n) is 4.57. The Morgan fingerprint density at radius 1 is 1.50 bits per heavy atom. The van der Waals surface area contributed by atoms with Crippen LogP contribution in [0.5, 0.6) is 0 Å². The monoisotopic (exact) mass is 267 g/mol. The van der Waals surface area contributed by atoms with Gasteiger partial charge in [-0.3, -0.25) is 4.79 Å². The van der Waals surface area contributed by atoms with Gasteiger partial charge in [-0.05, 0) is 37.0 Å². The Balaban J connectivity index is 1.68. The largest absolute Gasteiger partial charge is 0.376 e. The van der Waals surface area contributed by atoms with Crippen LogP contribution in [0.25, 0.3) is 0 Å². The lowest BCUT2D eigenvalue weighted by Crippen LogP contribution is -2.31. The number of benzene rings is 1. The van der Waals surface area contributed by atoms with E-state index in [2.05, 4.69) is 5.32 Å². The molecule has 1 fully saturated rings. The molecule has 3 nitrogen and oxygen atoms in total. The summed E-state index contributed by atoms with van der Waals surface area (Å²) >= 11 is 5.89. The molecular formula is C14H18ClNO2. The van der Waals surface area contributed by atoms with Gasteiger partial charge in [-0.15, -0.1) is 0 Å². The zero-order valence-electron chi connectivity index (χ0n) is 10.3. The topological polar surface area (TPSA) is 38.3 Å². The van der Waals surface area contributed by atoms with Crippen molar-refractivity contribution in [2.24, 2.45) is 0 Å². The van der Waals surface area contributed by atoms with E-state index in [1.165, 1.54) is 0 Å². The minimum atomic E-state index is 0.0745. The molecule has 0 bridgehead atoms. The molecule has 0 radical (unpaired) electrons. The van der Waals surface area contributed by atoms with E-state index >= 15 is 0 Å². The maximum absolute atomic E-state index is 11.7. The van der Waals surface area contributed by atoms with Crippen LogP contribution in [0.1, 0.15) is 24.8 Å². The van der Waals surface area contributed by atoms with Crippen molar-refractivity contribution >= 4 is 17.5 Å². The highest BCUT2D eigenvalue weighted by atomic mass is 35.5. The average molecular weight is 268 g/mol. The third-order valence-electron chi connectivity index (χ3n) is 3.08. The fraction of sp³-hybridized carbons (Fsp3) is 0.500. The second kappa shape index (κ2) is 6.76. The summed E-state index contributed by atoms with van der Waals surface area (Å²) < 4.78 is 5.45. The van der Waals surface area contributed by atoms with Crippen LogP contribution in [0.15, 0.2) is 24.3 Å². The molecule has 1 heterocycles. The quantitative estimate of drug-likeness (QED) is 0.890. The number of amides is 1. The molecule has 1 saturated heterocycles. The van der Waals surface area contributed by atoms with E-state index in [1.54, 1.807) is 0 Å². The molecule has 1 aromatic carbocycles. The Bertz CT molecular complexity index is 403. The van der Waals surface area contributed by atoms with Crippen molar-refractivity contribution in [1.29, 1.82) is 0 Å². The normalized spacial score (nSPS) is 18.8. The van der Waals surface area contributed by atoms with Gasteiger partial charge in [0.2, 0.25) is 5.91 Å². The Hall–Kier alpha value is -1.06. The Morgan fingerprint density at radius 2 is 2.39 bits per heavy atom. The van der Waals surface area contributed by atoms with Gasteiger partial charge in [0.25, 0.3) is 0 Å². The first-order valence-electron chi connectivity index (χ1n) is 6.37. The van der Waals surface area contributed by atoms with Crippen LogP contribution in [0, 0.1) is 0 Å². The summed E-state index contributed by atoms with van der Waals surface area (Å²) in [6.45, 7) is 1.46. The summed E-state index contributed by atoms with van der Waals surface area (Å²) in [6.07, 6.45) is 3.57. The number of aryl methyl sites for hydroxylation is 1. The van der Waals surface area contributed by atoms with Crippen molar-refractivity contribution in [3.8, 4) is 0 Å². The number of carbonyl (C=O) groups excluding carboxylic acids is 1. The second-order valence-corrected chi connectivity index (χ2v) is 5.01. The zero-order valence-corrected chi connectivity index (χ0v) is 11.1. The summed E-state index contributed by atoms with van der Waals surface area (Å²) in [5.41, 5.74) is 1.09. The van der Waals surface area contributed by atoms with Crippen LogP contribution in [-0.2, 0) is 16.0 Å². The summed E-state index contributed by atoms with van der Waals surface area (Å²) in [7, 11) is 0. The fourth-order valence-electron chi connectivity index (χ4n) is 2.07. The molecule has 1 aromatic rings. The number of hydrogen-bond donors (Lipinski definition) is 1. The van der Waals surface area contributed by atoms with E-state index in [0.29, 0.717) is 18.0 Å². The third-order valence-corrected chi connectivity index (χ3v) is 3.32. The van der Waals surface area contributed by atoms with Gasteiger partial charge in [0.05, 0.1) is 6.10 Å². The lowest BCUT2D eigenvalue weighted by atomic mass is 10.1. The van der Waals surface area contributed by atoms with E-state index in [1.807, 2.05) is 24.3 Å². The molecule has 2 rings (SSSR count). The predicted molar refractivity (Wildman–Crippen MR) is 71.8 cm³/mol. The van der Waals surface area contributed by atoms with Crippen LogP contribution in [-0.4, -0.2) is 25.2 Å². The van der Waals surface area contributed by atoms with Gasteiger partial charge in [-0.25, -0.2) is 0 Å². The first-order valence-corrected chi connectivity index (χ1v) is 6.74. The van der Waals surface area contributed by atoms with E-state index in [4.69, 9.17) is 16.3 Å². The van der Waals surface area contributed by atoms with Gasteiger partial charge in [0, 0.05) is 24.6 Å². The van der Waals surface area contributed by atoms with Crippen LogP contribution in [0.3, 0.4) is 0 Å². The van der Waals surface area contributed by atoms with Crippen molar-refractivity contribution in [2.75, 3.05) is 13.2 Å². The first-order chi connectivity index (χ1) is 8.74. The molecule has 98 valence electrons. The maximum Gasteiger partial charge on any atom is 0.220 e. The van der Waals surface area contributed by atoms with Gasteiger partial charge < -0.3 is 10.1 Å². The van der Waals surface area contributed by atoms with Crippen molar-refractivity contribution < 1.29 is 9.53 Å². The molecule has 1 aliphatic rings. The number of nitrogens with one attached hydrogen (secondary N) is 1. The average Bonchev–Trinajstić information content (AvgIpc) is 2.87. The third kappa shape index (κ3) is 4.31. The lowest BCUT2D eigenvalue weighted by Gasteiger charge is -2.10. The SMILES string of the molecule is O=C(CCc1cccc(Cl)c1)NCC1CCCO1. The highest BCUT2D eigenvalue weighted by molar-refractivity contribution is 6.30. The molecule has 0 aromatic heterocycles. The molecule has 1 aliphatic heterocycles. The summed E-state index contributed by atoms with van der Waals surface area (Å²) in [4.78, 5) is 11.7. The Labute approximate surface area is 112 Å².